The third kappa shape index (κ3) is 5.08. The molecule has 0 amide bonds. The SMILES string of the molecule is COc1nc2ccc(C(O)(c3ccnc(C(F)(F)F)c3)c3cncn3C)cc2c(Cl)c1CCC(F)(F)F. The molecule has 4 aromatic rings. The van der Waals surface area contributed by atoms with Crippen molar-refractivity contribution in [3.05, 3.63) is 82.2 Å². The van der Waals surface area contributed by atoms with Crippen molar-refractivity contribution in [3.8, 4) is 5.88 Å². The fraction of sp³-hybridized carbons (Fsp3) is 0.292. The summed E-state index contributed by atoms with van der Waals surface area (Å²) >= 11 is 6.52. The molecule has 0 radical (unpaired) electrons. The highest BCUT2D eigenvalue weighted by Gasteiger charge is 2.40. The predicted octanol–water partition coefficient (Wildman–Crippen LogP) is 5.82. The summed E-state index contributed by atoms with van der Waals surface area (Å²) in [6, 6.07) is 6.21. The Hall–Kier alpha value is -3.38. The van der Waals surface area contributed by atoms with Crippen LogP contribution in [-0.2, 0) is 25.2 Å². The number of fused-ring (bicyclic) bond motifs is 1. The number of aliphatic hydroxyl groups is 1. The Balaban J connectivity index is 1.96. The van der Waals surface area contributed by atoms with E-state index in [0.717, 1.165) is 12.3 Å². The van der Waals surface area contributed by atoms with E-state index in [1.807, 2.05) is 0 Å². The van der Waals surface area contributed by atoms with Gasteiger partial charge in [-0.3, -0.25) is 4.98 Å². The molecular weight excluding hydrogens is 526 g/mol. The molecule has 1 unspecified atom stereocenters. The van der Waals surface area contributed by atoms with Crippen LogP contribution < -0.4 is 4.74 Å². The lowest BCUT2D eigenvalue weighted by molar-refractivity contribution is -0.141. The first-order valence-corrected chi connectivity index (χ1v) is 11.1. The molecule has 0 saturated carbocycles. The second kappa shape index (κ2) is 9.49. The van der Waals surface area contributed by atoms with Crippen molar-refractivity contribution >= 4 is 22.5 Å². The van der Waals surface area contributed by atoms with Crippen LogP contribution in [0.2, 0.25) is 5.02 Å². The first-order chi connectivity index (χ1) is 17.3. The molecule has 0 bridgehead atoms. The second-order valence-corrected chi connectivity index (χ2v) is 8.67. The molecule has 0 saturated heterocycles. The number of nitrogens with zero attached hydrogens (tertiary/aromatic N) is 4. The van der Waals surface area contributed by atoms with Crippen LogP contribution in [-0.4, -0.2) is 37.9 Å². The van der Waals surface area contributed by atoms with Gasteiger partial charge in [0.15, 0.2) is 5.60 Å². The molecule has 0 aliphatic heterocycles. The number of aryl methyl sites for hydroxylation is 1. The molecule has 1 aromatic carbocycles. The van der Waals surface area contributed by atoms with E-state index in [-0.39, 0.29) is 44.2 Å². The van der Waals surface area contributed by atoms with Gasteiger partial charge in [-0.25, -0.2) is 9.97 Å². The van der Waals surface area contributed by atoms with Crippen LogP contribution in [0.3, 0.4) is 0 Å². The minimum absolute atomic E-state index is 0.0125. The van der Waals surface area contributed by atoms with E-state index in [9.17, 15) is 31.4 Å². The molecule has 0 fully saturated rings. The fourth-order valence-corrected chi connectivity index (χ4v) is 4.43. The molecular formula is C24H19ClF6N4O2. The maximum absolute atomic E-state index is 13.4. The van der Waals surface area contributed by atoms with Crippen molar-refractivity contribution < 1.29 is 36.2 Å². The Morgan fingerprint density at radius 2 is 1.76 bits per heavy atom. The lowest BCUT2D eigenvalue weighted by Crippen LogP contribution is -2.31. The Bertz CT molecular complexity index is 1450. The van der Waals surface area contributed by atoms with Gasteiger partial charge in [-0.2, -0.15) is 26.3 Å². The Labute approximate surface area is 211 Å². The average Bonchev–Trinajstić information content (AvgIpc) is 3.27. The van der Waals surface area contributed by atoms with Crippen LogP contribution in [0.5, 0.6) is 5.88 Å². The monoisotopic (exact) mass is 544 g/mol. The van der Waals surface area contributed by atoms with Crippen molar-refractivity contribution in [3.63, 3.8) is 0 Å². The van der Waals surface area contributed by atoms with Gasteiger partial charge in [0, 0.05) is 30.6 Å². The highest BCUT2D eigenvalue weighted by molar-refractivity contribution is 6.36. The molecule has 196 valence electrons. The molecule has 4 rings (SSSR count). The summed E-state index contributed by atoms with van der Waals surface area (Å²) in [7, 11) is 2.80. The van der Waals surface area contributed by atoms with Crippen LogP contribution in [0.1, 0.15) is 34.5 Å². The minimum Gasteiger partial charge on any atom is -0.481 e. The normalized spacial score (nSPS) is 14.1. The van der Waals surface area contributed by atoms with Crippen LogP contribution in [0.25, 0.3) is 10.9 Å². The largest absolute Gasteiger partial charge is 0.481 e. The van der Waals surface area contributed by atoms with Crippen LogP contribution in [0.15, 0.2) is 49.1 Å². The minimum atomic E-state index is -4.77. The zero-order valence-electron chi connectivity index (χ0n) is 19.3. The lowest BCUT2D eigenvalue weighted by Gasteiger charge is -2.30. The molecule has 13 heteroatoms. The third-order valence-electron chi connectivity index (χ3n) is 5.90. The number of ether oxygens (including phenoxy) is 1. The van der Waals surface area contributed by atoms with Crippen molar-refractivity contribution in [1.29, 1.82) is 0 Å². The maximum Gasteiger partial charge on any atom is 0.433 e. The van der Waals surface area contributed by atoms with Gasteiger partial charge >= 0.3 is 12.4 Å². The molecule has 1 N–H and O–H groups in total. The van der Waals surface area contributed by atoms with Gasteiger partial charge in [0.2, 0.25) is 5.88 Å². The number of methoxy groups -OCH3 is 1. The molecule has 0 aliphatic rings. The molecule has 1 atom stereocenters. The maximum atomic E-state index is 13.4. The van der Waals surface area contributed by atoms with E-state index in [2.05, 4.69) is 15.0 Å². The number of benzene rings is 1. The number of hydrogen-bond donors (Lipinski definition) is 1. The highest BCUT2D eigenvalue weighted by atomic mass is 35.5. The summed E-state index contributed by atoms with van der Waals surface area (Å²) < 4.78 is 85.6. The Morgan fingerprint density at radius 3 is 2.35 bits per heavy atom. The zero-order valence-corrected chi connectivity index (χ0v) is 20.1. The van der Waals surface area contributed by atoms with Gasteiger partial charge in [-0.1, -0.05) is 17.7 Å². The van der Waals surface area contributed by atoms with Gasteiger partial charge in [0.1, 0.15) is 5.69 Å². The number of hydrogen-bond acceptors (Lipinski definition) is 5. The van der Waals surface area contributed by atoms with Crippen molar-refractivity contribution in [1.82, 2.24) is 19.5 Å². The summed E-state index contributed by atoms with van der Waals surface area (Å²) in [6.45, 7) is 0. The van der Waals surface area contributed by atoms with E-state index in [1.165, 1.54) is 48.5 Å². The van der Waals surface area contributed by atoms with Crippen molar-refractivity contribution in [2.24, 2.45) is 7.05 Å². The summed E-state index contributed by atoms with van der Waals surface area (Å²) in [5.41, 5.74) is -3.08. The first kappa shape index (κ1) is 26.7. The van der Waals surface area contributed by atoms with Gasteiger partial charge < -0.3 is 14.4 Å². The number of pyridine rings is 2. The van der Waals surface area contributed by atoms with Gasteiger partial charge in [-0.05, 0) is 41.8 Å². The molecule has 3 heterocycles. The number of halogens is 7. The first-order valence-electron chi connectivity index (χ1n) is 10.7. The number of alkyl halides is 6. The Morgan fingerprint density at radius 1 is 1.05 bits per heavy atom. The van der Waals surface area contributed by atoms with Gasteiger partial charge in [0.05, 0.1) is 35.9 Å². The lowest BCUT2D eigenvalue weighted by atomic mass is 9.83. The van der Waals surface area contributed by atoms with Crippen LogP contribution in [0.4, 0.5) is 26.3 Å². The van der Waals surface area contributed by atoms with Crippen molar-refractivity contribution in [2.45, 2.75) is 30.8 Å². The predicted molar refractivity (Wildman–Crippen MR) is 122 cm³/mol. The summed E-state index contributed by atoms with van der Waals surface area (Å²) in [4.78, 5) is 11.6. The third-order valence-corrected chi connectivity index (χ3v) is 6.33. The quantitative estimate of drug-likeness (QED) is 0.310. The van der Waals surface area contributed by atoms with E-state index in [0.29, 0.717) is 0 Å². The summed E-state index contributed by atoms with van der Waals surface area (Å²) in [5, 5.41) is 12.1. The molecule has 37 heavy (non-hydrogen) atoms. The summed E-state index contributed by atoms with van der Waals surface area (Å²) in [6.07, 6.45) is -7.33. The molecule has 0 spiro atoms. The standard InChI is InChI=1S/C24H19ClF6N4O2/c1-35-12-32-11-19(35)23(36,14-6-8-33-18(10-14)24(29,30)31)13-3-4-17-16(9-13)20(25)15(21(34-17)37-2)5-7-22(26,27)28/h3-4,6,8-12,36H,5,7H2,1-2H3. The number of imidazole rings is 1. The van der Waals surface area contributed by atoms with Gasteiger partial charge in [0.25, 0.3) is 0 Å². The van der Waals surface area contributed by atoms with E-state index < -0.39 is 36.5 Å². The topological polar surface area (TPSA) is 73.1 Å². The molecule has 3 aromatic heterocycles. The average molecular weight is 545 g/mol. The van der Waals surface area contributed by atoms with Gasteiger partial charge in [-0.15, -0.1) is 0 Å². The van der Waals surface area contributed by atoms with Crippen molar-refractivity contribution in [2.75, 3.05) is 7.11 Å². The number of aromatic nitrogens is 4. The molecule has 6 nitrogen and oxygen atoms in total. The highest BCUT2D eigenvalue weighted by Crippen LogP contribution is 2.42. The molecule has 0 aliphatic carbocycles. The Kier molecular flexibility index (Phi) is 6.84. The number of rotatable bonds is 6. The summed E-state index contributed by atoms with van der Waals surface area (Å²) in [5.74, 6) is -0.0830. The fourth-order valence-electron chi connectivity index (χ4n) is 4.10. The van der Waals surface area contributed by atoms with E-state index in [1.54, 1.807) is 7.05 Å². The van der Waals surface area contributed by atoms with Crippen LogP contribution in [0, 0.1) is 0 Å². The second-order valence-electron chi connectivity index (χ2n) is 8.29. The van der Waals surface area contributed by atoms with E-state index >= 15 is 0 Å². The van der Waals surface area contributed by atoms with Crippen LogP contribution >= 0.6 is 11.6 Å². The van der Waals surface area contributed by atoms with E-state index in [4.69, 9.17) is 16.3 Å². The zero-order chi connectivity index (χ0) is 27.2. The smallest absolute Gasteiger partial charge is 0.433 e.